The zero-order chi connectivity index (χ0) is 15.5. The van der Waals surface area contributed by atoms with Gasteiger partial charge in [0, 0.05) is 36.4 Å². The lowest BCUT2D eigenvalue weighted by Crippen LogP contribution is -2.59. The first kappa shape index (κ1) is 15.8. The van der Waals surface area contributed by atoms with Crippen LogP contribution in [0.3, 0.4) is 0 Å². The van der Waals surface area contributed by atoms with Crippen molar-refractivity contribution in [3.8, 4) is 0 Å². The Morgan fingerprint density at radius 2 is 2.00 bits per heavy atom. The van der Waals surface area contributed by atoms with Gasteiger partial charge in [0.25, 0.3) is 5.91 Å². The maximum atomic E-state index is 11.5. The van der Waals surface area contributed by atoms with Crippen LogP contribution in [-0.2, 0) is 4.74 Å². The standard InChI is InChI=1S/C17H26N2O2/c1-5-17(3)14(11-15(17)21-6-2)19-13-9-7-12(8-10-13)16(20)18-4/h7-10,14-15,19H,5-6,11H2,1-4H3,(H,18,20). The summed E-state index contributed by atoms with van der Waals surface area (Å²) >= 11 is 0. The highest BCUT2D eigenvalue weighted by molar-refractivity contribution is 5.94. The maximum absolute atomic E-state index is 11.5. The molecule has 21 heavy (non-hydrogen) atoms. The van der Waals surface area contributed by atoms with Crippen LogP contribution in [0.1, 0.15) is 44.0 Å². The van der Waals surface area contributed by atoms with Gasteiger partial charge in [-0.15, -0.1) is 0 Å². The summed E-state index contributed by atoms with van der Waals surface area (Å²) in [6, 6.07) is 8.06. The molecule has 0 saturated heterocycles. The van der Waals surface area contributed by atoms with Gasteiger partial charge in [-0.3, -0.25) is 4.79 Å². The normalized spacial score (nSPS) is 27.8. The van der Waals surface area contributed by atoms with Crippen molar-refractivity contribution in [1.82, 2.24) is 5.32 Å². The molecule has 3 unspecified atom stereocenters. The second-order valence-corrected chi connectivity index (χ2v) is 5.89. The largest absolute Gasteiger partial charge is 0.382 e. The van der Waals surface area contributed by atoms with Crippen molar-refractivity contribution in [1.29, 1.82) is 0 Å². The highest BCUT2D eigenvalue weighted by Crippen LogP contribution is 2.47. The van der Waals surface area contributed by atoms with Gasteiger partial charge in [-0.25, -0.2) is 0 Å². The van der Waals surface area contributed by atoms with Crippen LogP contribution in [0.5, 0.6) is 0 Å². The fourth-order valence-electron chi connectivity index (χ4n) is 3.04. The predicted octanol–water partition coefficient (Wildman–Crippen LogP) is 3.05. The van der Waals surface area contributed by atoms with E-state index in [1.54, 1.807) is 7.05 Å². The molecule has 1 saturated carbocycles. The molecule has 4 heteroatoms. The minimum Gasteiger partial charge on any atom is -0.382 e. The van der Waals surface area contributed by atoms with Gasteiger partial charge in [0.05, 0.1) is 6.10 Å². The summed E-state index contributed by atoms with van der Waals surface area (Å²) < 4.78 is 5.82. The molecule has 1 amide bonds. The van der Waals surface area contributed by atoms with Crippen molar-refractivity contribution in [2.24, 2.45) is 5.41 Å². The van der Waals surface area contributed by atoms with E-state index >= 15 is 0 Å². The third kappa shape index (κ3) is 3.05. The highest BCUT2D eigenvalue weighted by Gasteiger charge is 2.51. The fourth-order valence-corrected chi connectivity index (χ4v) is 3.04. The Hall–Kier alpha value is -1.55. The molecule has 1 aliphatic carbocycles. The Labute approximate surface area is 127 Å². The lowest BCUT2D eigenvalue weighted by atomic mass is 9.61. The summed E-state index contributed by atoms with van der Waals surface area (Å²) in [4.78, 5) is 11.5. The van der Waals surface area contributed by atoms with Crippen molar-refractivity contribution < 1.29 is 9.53 Å². The third-order valence-electron chi connectivity index (χ3n) is 4.83. The number of carbonyl (C=O) groups excluding carboxylic acids is 1. The van der Waals surface area contributed by atoms with Gasteiger partial charge >= 0.3 is 0 Å². The van der Waals surface area contributed by atoms with E-state index in [0.29, 0.717) is 17.7 Å². The number of anilines is 1. The Balaban J connectivity index is 2.01. The Bertz CT molecular complexity index is 486. The second-order valence-electron chi connectivity index (χ2n) is 5.89. The van der Waals surface area contributed by atoms with Crippen LogP contribution in [0.25, 0.3) is 0 Å². The van der Waals surface area contributed by atoms with Gasteiger partial charge in [0.1, 0.15) is 0 Å². The second kappa shape index (κ2) is 6.48. The molecule has 1 fully saturated rings. The summed E-state index contributed by atoms with van der Waals surface area (Å²) in [5.41, 5.74) is 1.92. The number of ether oxygens (including phenoxy) is 1. The van der Waals surface area contributed by atoms with E-state index in [2.05, 4.69) is 24.5 Å². The summed E-state index contributed by atoms with van der Waals surface area (Å²) in [5.74, 6) is -0.0556. The molecule has 116 valence electrons. The van der Waals surface area contributed by atoms with Crippen LogP contribution >= 0.6 is 0 Å². The Morgan fingerprint density at radius 3 is 2.52 bits per heavy atom. The quantitative estimate of drug-likeness (QED) is 0.846. The van der Waals surface area contributed by atoms with Crippen molar-refractivity contribution in [3.63, 3.8) is 0 Å². The molecule has 1 aromatic rings. The van der Waals surface area contributed by atoms with E-state index in [-0.39, 0.29) is 11.3 Å². The molecule has 2 rings (SSSR count). The Kier molecular flexibility index (Phi) is 4.88. The topological polar surface area (TPSA) is 50.4 Å². The van der Waals surface area contributed by atoms with Crippen LogP contribution in [0.2, 0.25) is 0 Å². The number of amides is 1. The molecule has 0 aliphatic heterocycles. The fraction of sp³-hybridized carbons (Fsp3) is 0.588. The number of carbonyl (C=O) groups is 1. The van der Waals surface area contributed by atoms with Gasteiger partial charge in [-0.05, 0) is 44.0 Å². The van der Waals surface area contributed by atoms with E-state index in [1.165, 1.54) is 0 Å². The van der Waals surface area contributed by atoms with Crippen LogP contribution in [0, 0.1) is 5.41 Å². The van der Waals surface area contributed by atoms with E-state index in [0.717, 1.165) is 25.1 Å². The number of nitrogens with one attached hydrogen (secondary N) is 2. The van der Waals surface area contributed by atoms with Crippen molar-refractivity contribution in [2.45, 2.75) is 45.8 Å². The molecule has 0 heterocycles. The Morgan fingerprint density at radius 1 is 1.33 bits per heavy atom. The summed E-state index contributed by atoms with van der Waals surface area (Å²) in [7, 11) is 1.64. The van der Waals surface area contributed by atoms with Gasteiger partial charge in [-0.2, -0.15) is 0 Å². The monoisotopic (exact) mass is 290 g/mol. The molecule has 1 aromatic carbocycles. The molecular weight excluding hydrogens is 264 g/mol. The molecule has 0 bridgehead atoms. The molecule has 0 aromatic heterocycles. The average Bonchev–Trinajstić information content (AvgIpc) is 2.52. The van der Waals surface area contributed by atoms with Gasteiger partial charge in [0.2, 0.25) is 0 Å². The van der Waals surface area contributed by atoms with Crippen LogP contribution in [0.15, 0.2) is 24.3 Å². The average molecular weight is 290 g/mol. The van der Waals surface area contributed by atoms with Crippen molar-refractivity contribution in [2.75, 3.05) is 19.0 Å². The number of hydrogen-bond donors (Lipinski definition) is 2. The van der Waals surface area contributed by atoms with E-state index in [1.807, 2.05) is 31.2 Å². The van der Waals surface area contributed by atoms with E-state index in [4.69, 9.17) is 4.74 Å². The predicted molar refractivity (Wildman–Crippen MR) is 85.7 cm³/mol. The van der Waals surface area contributed by atoms with E-state index in [9.17, 15) is 4.79 Å². The minimum absolute atomic E-state index is 0.0556. The maximum Gasteiger partial charge on any atom is 0.251 e. The molecule has 1 aliphatic rings. The number of hydrogen-bond acceptors (Lipinski definition) is 3. The third-order valence-corrected chi connectivity index (χ3v) is 4.83. The van der Waals surface area contributed by atoms with Gasteiger partial charge in [-0.1, -0.05) is 13.8 Å². The highest BCUT2D eigenvalue weighted by atomic mass is 16.5. The first-order chi connectivity index (χ1) is 10.0. The van der Waals surface area contributed by atoms with Gasteiger partial charge < -0.3 is 15.4 Å². The van der Waals surface area contributed by atoms with Crippen molar-refractivity contribution >= 4 is 11.6 Å². The van der Waals surface area contributed by atoms with Crippen LogP contribution in [-0.4, -0.2) is 31.7 Å². The molecule has 0 spiro atoms. The zero-order valence-corrected chi connectivity index (χ0v) is 13.4. The first-order valence-electron chi connectivity index (χ1n) is 7.75. The smallest absolute Gasteiger partial charge is 0.251 e. The van der Waals surface area contributed by atoms with Gasteiger partial charge in [0.15, 0.2) is 0 Å². The van der Waals surface area contributed by atoms with Crippen LogP contribution in [0.4, 0.5) is 5.69 Å². The number of rotatable bonds is 6. The summed E-state index contributed by atoms with van der Waals surface area (Å²) in [5, 5.41) is 6.21. The molecular formula is C17H26N2O2. The zero-order valence-electron chi connectivity index (χ0n) is 13.4. The lowest BCUT2D eigenvalue weighted by Gasteiger charge is -2.54. The molecule has 4 nitrogen and oxygen atoms in total. The first-order valence-corrected chi connectivity index (χ1v) is 7.75. The molecule has 0 radical (unpaired) electrons. The minimum atomic E-state index is -0.0556. The summed E-state index contributed by atoms with van der Waals surface area (Å²) in [6.45, 7) is 7.32. The lowest BCUT2D eigenvalue weighted by molar-refractivity contribution is -0.109. The SMILES string of the molecule is CCOC1CC(Nc2ccc(C(=O)NC)cc2)C1(C)CC. The molecule has 2 N–H and O–H groups in total. The van der Waals surface area contributed by atoms with Crippen molar-refractivity contribution in [3.05, 3.63) is 29.8 Å². The summed E-state index contributed by atoms with van der Waals surface area (Å²) in [6.07, 6.45) is 2.47. The van der Waals surface area contributed by atoms with E-state index < -0.39 is 0 Å². The molecule has 3 atom stereocenters. The van der Waals surface area contributed by atoms with Crippen LogP contribution < -0.4 is 10.6 Å². The number of benzene rings is 1.